The molecule has 2 unspecified atom stereocenters. The summed E-state index contributed by atoms with van der Waals surface area (Å²) >= 11 is 15.2. The number of alkyl halides is 3. The predicted octanol–water partition coefficient (Wildman–Crippen LogP) is 4.58. The van der Waals surface area contributed by atoms with Gasteiger partial charge in [-0.1, -0.05) is 29.8 Å². The minimum absolute atomic E-state index is 0.0328. The van der Waals surface area contributed by atoms with E-state index in [9.17, 15) is 0 Å². The summed E-state index contributed by atoms with van der Waals surface area (Å²) in [6, 6.07) is 0. The molecule has 0 bridgehead atoms. The highest BCUT2D eigenvalue weighted by Gasteiger charge is 2.30. The van der Waals surface area contributed by atoms with Crippen LogP contribution in [0.5, 0.6) is 0 Å². The standard InChI is InChI=1S/C12H21BrCl2O/c1-12(2)5-3-9(4-6-12)16-11(8-15)10(13)7-14/h9-11H,3-8H2,1-2H3. The van der Waals surface area contributed by atoms with E-state index in [0.717, 1.165) is 12.8 Å². The van der Waals surface area contributed by atoms with E-state index in [1.807, 2.05) is 0 Å². The Labute approximate surface area is 117 Å². The molecule has 1 nitrogen and oxygen atoms in total. The largest absolute Gasteiger partial charge is 0.373 e. The highest BCUT2D eigenvalue weighted by atomic mass is 79.9. The fourth-order valence-electron chi connectivity index (χ4n) is 2.07. The zero-order chi connectivity index (χ0) is 12.2. The molecule has 0 spiro atoms. The van der Waals surface area contributed by atoms with Crippen molar-refractivity contribution in [1.29, 1.82) is 0 Å². The zero-order valence-electron chi connectivity index (χ0n) is 10.0. The molecule has 2 atom stereocenters. The summed E-state index contributed by atoms with van der Waals surface area (Å²) in [6.07, 6.45) is 5.15. The Morgan fingerprint density at radius 2 is 1.81 bits per heavy atom. The molecule has 4 heteroatoms. The van der Waals surface area contributed by atoms with Gasteiger partial charge in [0.2, 0.25) is 0 Å². The number of hydrogen-bond acceptors (Lipinski definition) is 1. The maximum atomic E-state index is 6.02. The van der Waals surface area contributed by atoms with E-state index in [4.69, 9.17) is 27.9 Å². The van der Waals surface area contributed by atoms with Crippen LogP contribution in [0.2, 0.25) is 0 Å². The Balaban J connectivity index is 2.37. The summed E-state index contributed by atoms with van der Waals surface area (Å²) in [5.74, 6) is 1.04. The fourth-order valence-corrected chi connectivity index (χ4v) is 3.09. The van der Waals surface area contributed by atoms with Crippen LogP contribution in [-0.2, 0) is 4.74 Å². The third-order valence-electron chi connectivity index (χ3n) is 3.36. The first kappa shape index (κ1) is 15.1. The van der Waals surface area contributed by atoms with Crippen LogP contribution in [0.3, 0.4) is 0 Å². The van der Waals surface area contributed by atoms with Gasteiger partial charge in [-0.15, -0.1) is 23.2 Å². The van der Waals surface area contributed by atoms with Crippen LogP contribution in [0.1, 0.15) is 39.5 Å². The van der Waals surface area contributed by atoms with Gasteiger partial charge in [-0.3, -0.25) is 0 Å². The highest BCUT2D eigenvalue weighted by Crippen LogP contribution is 2.36. The van der Waals surface area contributed by atoms with E-state index < -0.39 is 0 Å². The summed E-state index contributed by atoms with van der Waals surface area (Å²) in [7, 11) is 0. The van der Waals surface area contributed by atoms with Crippen LogP contribution in [-0.4, -0.2) is 28.8 Å². The number of halogens is 3. The van der Waals surface area contributed by atoms with Crippen molar-refractivity contribution in [2.75, 3.05) is 11.8 Å². The highest BCUT2D eigenvalue weighted by molar-refractivity contribution is 9.09. The molecule has 0 radical (unpaired) electrons. The van der Waals surface area contributed by atoms with E-state index in [1.165, 1.54) is 12.8 Å². The summed E-state index contributed by atoms with van der Waals surface area (Å²) < 4.78 is 6.02. The molecule has 1 aliphatic rings. The molecule has 96 valence electrons. The number of ether oxygens (including phenoxy) is 1. The Hall–Kier alpha value is 1.02. The Kier molecular flexibility index (Phi) is 6.43. The fraction of sp³-hybridized carbons (Fsp3) is 1.00. The lowest BCUT2D eigenvalue weighted by Gasteiger charge is -2.36. The molecule has 1 aliphatic carbocycles. The van der Waals surface area contributed by atoms with Crippen molar-refractivity contribution in [2.45, 2.75) is 56.6 Å². The first-order valence-electron chi connectivity index (χ1n) is 5.90. The lowest BCUT2D eigenvalue weighted by Crippen LogP contribution is -2.35. The zero-order valence-corrected chi connectivity index (χ0v) is 13.1. The normalized spacial score (nSPS) is 25.3. The average molecular weight is 332 g/mol. The van der Waals surface area contributed by atoms with Crippen LogP contribution in [0, 0.1) is 5.41 Å². The topological polar surface area (TPSA) is 9.23 Å². The van der Waals surface area contributed by atoms with E-state index in [1.54, 1.807) is 0 Å². The molecule has 0 aliphatic heterocycles. The van der Waals surface area contributed by atoms with Gasteiger partial charge in [0.25, 0.3) is 0 Å². The van der Waals surface area contributed by atoms with E-state index >= 15 is 0 Å². The van der Waals surface area contributed by atoms with Gasteiger partial charge in [-0.05, 0) is 31.1 Å². The van der Waals surface area contributed by atoms with Crippen LogP contribution in [0.4, 0.5) is 0 Å². The van der Waals surface area contributed by atoms with E-state index in [0.29, 0.717) is 23.3 Å². The monoisotopic (exact) mass is 330 g/mol. The maximum absolute atomic E-state index is 6.02. The average Bonchev–Trinajstić information content (AvgIpc) is 2.27. The van der Waals surface area contributed by atoms with Crippen molar-refractivity contribution in [3.05, 3.63) is 0 Å². The number of hydrogen-bond donors (Lipinski definition) is 0. The molecule has 1 fully saturated rings. The minimum atomic E-state index is 0.0328. The molecule has 16 heavy (non-hydrogen) atoms. The Morgan fingerprint density at radius 3 is 2.25 bits per heavy atom. The van der Waals surface area contributed by atoms with Crippen molar-refractivity contribution in [3.63, 3.8) is 0 Å². The molecule has 0 aromatic carbocycles. The van der Waals surface area contributed by atoms with Crippen LogP contribution in [0.25, 0.3) is 0 Å². The van der Waals surface area contributed by atoms with Crippen molar-refractivity contribution in [3.8, 4) is 0 Å². The molecular weight excluding hydrogens is 311 g/mol. The van der Waals surface area contributed by atoms with Crippen molar-refractivity contribution >= 4 is 39.1 Å². The first-order chi connectivity index (χ1) is 7.48. The van der Waals surface area contributed by atoms with Gasteiger partial charge in [-0.25, -0.2) is 0 Å². The van der Waals surface area contributed by atoms with E-state index in [2.05, 4.69) is 29.8 Å². The van der Waals surface area contributed by atoms with Crippen molar-refractivity contribution in [2.24, 2.45) is 5.41 Å². The van der Waals surface area contributed by atoms with Gasteiger partial charge in [0.15, 0.2) is 0 Å². The minimum Gasteiger partial charge on any atom is -0.373 e. The second-order valence-electron chi connectivity index (χ2n) is 5.36. The molecule has 0 saturated heterocycles. The van der Waals surface area contributed by atoms with E-state index in [-0.39, 0.29) is 10.9 Å². The quantitative estimate of drug-likeness (QED) is 0.670. The number of rotatable bonds is 5. The van der Waals surface area contributed by atoms with Crippen LogP contribution < -0.4 is 0 Å². The van der Waals surface area contributed by atoms with Crippen molar-refractivity contribution in [1.82, 2.24) is 0 Å². The maximum Gasteiger partial charge on any atom is 0.0850 e. The molecule has 1 rings (SSSR count). The second kappa shape index (κ2) is 6.82. The molecule has 0 aromatic rings. The van der Waals surface area contributed by atoms with Gasteiger partial charge in [0, 0.05) is 11.8 Å². The van der Waals surface area contributed by atoms with Gasteiger partial charge in [0.1, 0.15) is 0 Å². The first-order valence-corrected chi connectivity index (χ1v) is 7.88. The Morgan fingerprint density at radius 1 is 1.25 bits per heavy atom. The summed E-state index contributed by atoms with van der Waals surface area (Å²) in [5.41, 5.74) is 0.483. The third-order valence-corrected chi connectivity index (χ3v) is 5.28. The molecule has 0 heterocycles. The predicted molar refractivity (Wildman–Crippen MR) is 75.1 cm³/mol. The Bertz CT molecular complexity index is 201. The lowest BCUT2D eigenvalue weighted by molar-refractivity contribution is -0.0338. The molecule has 1 saturated carbocycles. The smallest absolute Gasteiger partial charge is 0.0850 e. The molecule has 0 aromatic heterocycles. The van der Waals surface area contributed by atoms with Crippen LogP contribution >= 0.6 is 39.1 Å². The second-order valence-corrected chi connectivity index (χ2v) is 7.16. The lowest BCUT2D eigenvalue weighted by atomic mass is 9.76. The third kappa shape index (κ3) is 4.72. The molecular formula is C12H21BrCl2O. The van der Waals surface area contributed by atoms with Gasteiger partial charge in [-0.2, -0.15) is 0 Å². The van der Waals surface area contributed by atoms with Gasteiger partial charge in [0.05, 0.1) is 17.0 Å². The van der Waals surface area contributed by atoms with Gasteiger partial charge < -0.3 is 4.74 Å². The van der Waals surface area contributed by atoms with Crippen LogP contribution in [0.15, 0.2) is 0 Å². The summed E-state index contributed by atoms with van der Waals surface area (Å²) in [6.45, 7) is 4.66. The van der Waals surface area contributed by atoms with Crippen molar-refractivity contribution < 1.29 is 4.74 Å². The summed E-state index contributed by atoms with van der Waals surface area (Å²) in [4.78, 5) is 0.154. The molecule has 0 N–H and O–H groups in total. The molecule has 0 amide bonds. The SMILES string of the molecule is CC1(C)CCC(OC(CCl)C(Br)CCl)CC1. The summed E-state index contributed by atoms with van der Waals surface area (Å²) in [5, 5.41) is 0. The van der Waals surface area contributed by atoms with Gasteiger partial charge >= 0.3 is 0 Å².